The van der Waals surface area contributed by atoms with E-state index in [9.17, 15) is 23.1 Å². The second-order valence-corrected chi connectivity index (χ2v) is 7.15. The second kappa shape index (κ2) is 7.13. The van der Waals surface area contributed by atoms with Crippen molar-refractivity contribution in [3.8, 4) is 0 Å². The second-order valence-electron chi connectivity index (χ2n) is 6.04. The lowest BCUT2D eigenvalue weighted by Gasteiger charge is -2.23. The van der Waals surface area contributed by atoms with E-state index in [0.29, 0.717) is 24.2 Å². The quantitative estimate of drug-likeness (QED) is 0.861. The SMILES string of the molecule is CC(Cc1ccc(C(F)(F)F)cc1)C(=O)NCC1(O)CCSC1. The van der Waals surface area contributed by atoms with Crippen LogP contribution in [0.25, 0.3) is 0 Å². The molecule has 2 atom stereocenters. The molecule has 1 aliphatic rings. The first-order chi connectivity index (χ1) is 10.7. The maximum Gasteiger partial charge on any atom is 0.416 e. The zero-order chi connectivity index (χ0) is 17.1. The largest absolute Gasteiger partial charge is 0.416 e. The highest BCUT2D eigenvalue weighted by molar-refractivity contribution is 7.99. The van der Waals surface area contributed by atoms with Crippen molar-refractivity contribution >= 4 is 17.7 Å². The van der Waals surface area contributed by atoms with Crippen molar-refractivity contribution in [3.63, 3.8) is 0 Å². The normalized spacial score (nSPS) is 22.8. The van der Waals surface area contributed by atoms with E-state index in [2.05, 4.69) is 5.32 Å². The number of hydrogen-bond donors (Lipinski definition) is 2. The van der Waals surface area contributed by atoms with Crippen molar-refractivity contribution in [1.29, 1.82) is 0 Å². The fraction of sp³-hybridized carbons (Fsp3) is 0.562. The van der Waals surface area contributed by atoms with Gasteiger partial charge in [-0.05, 0) is 36.3 Å². The summed E-state index contributed by atoms with van der Waals surface area (Å²) in [5.74, 6) is 0.924. The first kappa shape index (κ1) is 18.1. The molecule has 128 valence electrons. The predicted molar refractivity (Wildman–Crippen MR) is 84.2 cm³/mol. The van der Waals surface area contributed by atoms with Gasteiger partial charge >= 0.3 is 6.18 Å². The average Bonchev–Trinajstić information content (AvgIpc) is 2.91. The van der Waals surface area contributed by atoms with Crippen LogP contribution in [0.5, 0.6) is 0 Å². The Hall–Kier alpha value is -1.21. The minimum atomic E-state index is -4.35. The third-order valence-electron chi connectivity index (χ3n) is 3.94. The summed E-state index contributed by atoms with van der Waals surface area (Å²) in [6.07, 6.45) is -3.33. The van der Waals surface area contributed by atoms with Crippen LogP contribution in [0.2, 0.25) is 0 Å². The molecule has 2 rings (SSSR count). The van der Waals surface area contributed by atoms with Gasteiger partial charge in [-0.25, -0.2) is 0 Å². The zero-order valence-electron chi connectivity index (χ0n) is 12.8. The molecule has 0 spiro atoms. The number of amides is 1. The lowest BCUT2D eigenvalue weighted by atomic mass is 9.98. The lowest BCUT2D eigenvalue weighted by molar-refractivity contribution is -0.137. The summed E-state index contributed by atoms with van der Waals surface area (Å²) in [4.78, 5) is 12.1. The molecule has 23 heavy (non-hydrogen) atoms. The molecule has 0 radical (unpaired) electrons. The molecule has 1 aromatic carbocycles. The fourth-order valence-electron chi connectivity index (χ4n) is 2.44. The van der Waals surface area contributed by atoms with Crippen LogP contribution in [0.15, 0.2) is 24.3 Å². The molecule has 1 saturated heterocycles. The van der Waals surface area contributed by atoms with E-state index < -0.39 is 17.3 Å². The zero-order valence-corrected chi connectivity index (χ0v) is 13.6. The summed E-state index contributed by atoms with van der Waals surface area (Å²) in [5, 5.41) is 12.9. The Balaban J connectivity index is 1.85. The fourth-order valence-corrected chi connectivity index (χ4v) is 3.73. The number of thioether (sulfide) groups is 1. The Kier molecular flexibility index (Phi) is 5.62. The highest BCUT2D eigenvalue weighted by atomic mass is 32.2. The minimum absolute atomic E-state index is 0.199. The van der Waals surface area contributed by atoms with Crippen LogP contribution < -0.4 is 5.32 Å². The molecule has 2 N–H and O–H groups in total. The molecule has 0 bridgehead atoms. The summed E-state index contributed by atoms with van der Waals surface area (Å²) in [6.45, 7) is 1.94. The Morgan fingerprint density at radius 3 is 2.57 bits per heavy atom. The summed E-state index contributed by atoms with van der Waals surface area (Å²) in [5.41, 5.74) is -0.857. The van der Waals surface area contributed by atoms with Gasteiger partial charge in [0.15, 0.2) is 0 Å². The summed E-state index contributed by atoms with van der Waals surface area (Å²) in [7, 11) is 0. The molecule has 2 unspecified atom stereocenters. The molecule has 0 saturated carbocycles. The molecule has 1 amide bonds. The lowest BCUT2D eigenvalue weighted by Crippen LogP contribution is -2.44. The van der Waals surface area contributed by atoms with Crippen molar-refractivity contribution in [2.45, 2.75) is 31.5 Å². The summed E-state index contributed by atoms with van der Waals surface area (Å²) < 4.78 is 37.5. The van der Waals surface area contributed by atoms with Gasteiger partial charge < -0.3 is 10.4 Å². The first-order valence-corrected chi connectivity index (χ1v) is 8.59. The van der Waals surface area contributed by atoms with E-state index in [1.165, 1.54) is 12.1 Å². The Morgan fingerprint density at radius 2 is 2.04 bits per heavy atom. The number of benzene rings is 1. The van der Waals surface area contributed by atoms with Gasteiger partial charge in [0.05, 0.1) is 11.2 Å². The number of carbonyl (C=O) groups excluding carboxylic acids is 1. The molecule has 0 aromatic heterocycles. The van der Waals surface area contributed by atoms with E-state index in [1.54, 1.807) is 18.7 Å². The van der Waals surface area contributed by atoms with Gasteiger partial charge in [-0.1, -0.05) is 19.1 Å². The van der Waals surface area contributed by atoms with Crippen LogP contribution in [0.3, 0.4) is 0 Å². The number of carbonyl (C=O) groups is 1. The van der Waals surface area contributed by atoms with E-state index in [1.807, 2.05) is 0 Å². The van der Waals surface area contributed by atoms with E-state index in [0.717, 1.165) is 17.9 Å². The smallest absolute Gasteiger partial charge is 0.387 e. The highest BCUT2D eigenvalue weighted by Crippen LogP contribution is 2.29. The Labute approximate surface area is 137 Å². The standard InChI is InChI=1S/C16H20F3NO2S/c1-11(14(21)20-9-15(22)6-7-23-10-15)8-12-2-4-13(5-3-12)16(17,18)19/h2-5,11,22H,6-10H2,1H3,(H,20,21). The van der Waals surface area contributed by atoms with Gasteiger partial charge in [0.1, 0.15) is 0 Å². The minimum Gasteiger partial charge on any atom is -0.387 e. The molecule has 1 aromatic rings. The summed E-state index contributed by atoms with van der Waals surface area (Å²) in [6, 6.07) is 4.85. The van der Waals surface area contributed by atoms with Gasteiger partial charge in [-0.15, -0.1) is 0 Å². The van der Waals surface area contributed by atoms with Crippen molar-refractivity contribution < 1.29 is 23.1 Å². The number of aliphatic hydroxyl groups is 1. The van der Waals surface area contributed by atoms with Crippen LogP contribution in [0.4, 0.5) is 13.2 Å². The number of hydrogen-bond acceptors (Lipinski definition) is 3. The number of nitrogens with one attached hydrogen (secondary N) is 1. The van der Waals surface area contributed by atoms with Crippen molar-refractivity contribution in [1.82, 2.24) is 5.32 Å². The molecule has 3 nitrogen and oxygen atoms in total. The van der Waals surface area contributed by atoms with E-state index in [4.69, 9.17) is 0 Å². The van der Waals surface area contributed by atoms with Crippen LogP contribution in [-0.2, 0) is 17.4 Å². The van der Waals surface area contributed by atoms with Gasteiger partial charge in [0.25, 0.3) is 0 Å². The summed E-state index contributed by atoms with van der Waals surface area (Å²) >= 11 is 1.65. The number of halogens is 3. The molecule has 0 aliphatic carbocycles. The molecular formula is C16H20F3NO2S. The van der Waals surface area contributed by atoms with Crippen LogP contribution in [-0.4, -0.2) is 34.7 Å². The van der Waals surface area contributed by atoms with E-state index in [-0.39, 0.29) is 18.4 Å². The molecule has 1 aliphatic heterocycles. The molecule has 1 heterocycles. The number of alkyl halides is 3. The van der Waals surface area contributed by atoms with Crippen LogP contribution >= 0.6 is 11.8 Å². The van der Waals surface area contributed by atoms with Crippen LogP contribution in [0.1, 0.15) is 24.5 Å². The Morgan fingerprint density at radius 1 is 1.39 bits per heavy atom. The van der Waals surface area contributed by atoms with Gasteiger partial charge in [0.2, 0.25) is 5.91 Å². The van der Waals surface area contributed by atoms with Gasteiger partial charge in [-0.2, -0.15) is 24.9 Å². The molecular weight excluding hydrogens is 327 g/mol. The third kappa shape index (κ3) is 5.14. The number of rotatable bonds is 5. The van der Waals surface area contributed by atoms with Crippen LogP contribution in [0, 0.1) is 5.92 Å². The highest BCUT2D eigenvalue weighted by Gasteiger charge is 2.32. The van der Waals surface area contributed by atoms with Crippen molar-refractivity contribution in [2.24, 2.45) is 5.92 Å². The van der Waals surface area contributed by atoms with E-state index >= 15 is 0 Å². The van der Waals surface area contributed by atoms with Gasteiger partial charge in [0, 0.05) is 18.2 Å². The maximum absolute atomic E-state index is 12.5. The Bertz CT molecular complexity index is 539. The third-order valence-corrected chi connectivity index (χ3v) is 5.18. The monoisotopic (exact) mass is 347 g/mol. The topological polar surface area (TPSA) is 49.3 Å². The molecule has 1 fully saturated rings. The first-order valence-electron chi connectivity index (χ1n) is 7.44. The average molecular weight is 347 g/mol. The maximum atomic E-state index is 12.5. The van der Waals surface area contributed by atoms with Gasteiger partial charge in [-0.3, -0.25) is 4.79 Å². The van der Waals surface area contributed by atoms with Crippen molar-refractivity contribution in [3.05, 3.63) is 35.4 Å². The molecule has 7 heteroatoms. The predicted octanol–water partition coefficient (Wildman–Crippen LogP) is 2.87. The van der Waals surface area contributed by atoms with Crippen molar-refractivity contribution in [2.75, 3.05) is 18.1 Å².